The van der Waals surface area contributed by atoms with Gasteiger partial charge in [-0.3, -0.25) is 4.79 Å². The smallest absolute Gasteiger partial charge is 0.251 e. The number of aromatic nitrogens is 1. The summed E-state index contributed by atoms with van der Waals surface area (Å²) in [6.07, 6.45) is 2.47. The van der Waals surface area contributed by atoms with Gasteiger partial charge in [0.2, 0.25) is 0 Å². The summed E-state index contributed by atoms with van der Waals surface area (Å²) in [5, 5.41) is 3.71. The largest absolute Gasteiger partial charge is 0.497 e. The Hall–Kier alpha value is -2.82. The molecule has 0 fully saturated rings. The van der Waals surface area contributed by atoms with Gasteiger partial charge in [-0.2, -0.15) is 0 Å². The van der Waals surface area contributed by atoms with E-state index in [0.29, 0.717) is 24.3 Å². The number of halogens is 1. The Labute approximate surface area is 133 Å². The molecule has 1 amide bonds. The molecule has 23 heavy (non-hydrogen) atoms. The molecule has 1 aromatic heterocycles. The SMILES string of the molecule is COc1cccc(C(=O)NCCc2c[nH]c3ccc(F)cc23)c1. The zero-order chi connectivity index (χ0) is 16.2. The van der Waals surface area contributed by atoms with Gasteiger partial charge in [0.1, 0.15) is 11.6 Å². The first-order valence-electron chi connectivity index (χ1n) is 7.35. The van der Waals surface area contributed by atoms with Crippen LogP contribution in [0.1, 0.15) is 15.9 Å². The number of hydrogen-bond acceptors (Lipinski definition) is 2. The van der Waals surface area contributed by atoms with E-state index in [9.17, 15) is 9.18 Å². The monoisotopic (exact) mass is 312 g/mol. The molecule has 2 N–H and O–H groups in total. The van der Waals surface area contributed by atoms with Crippen molar-refractivity contribution in [3.05, 3.63) is 65.6 Å². The summed E-state index contributed by atoms with van der Waals surface area (Å²) in [6.45, 7) is 0.472. The molecular weight excluding hydrogens is 295 g/mol. The van der Waals surface area contributed by atoms with Crippen LogP contribution in [0.15, 0.2) is 48.7 Å². The fourth-order valence-corrected chi connectivity index (χ4v) is 2.53. The predicted molar refractivity (Wildman–Crippen MR) is 87.3 cm³/mol. The molecule has 3 aromatic rings. The number of rotatable bonds is 5. The number of nitrogens with one attached hydrogen (secondary N) is 2. The molecular formula is C18H17FN2O2. The van der Waals surface area contributed by atoms with E-state index in [0.717, 1.165) is 16.5 Å². The lowest BCUT2D eigenvalue weighted by molar-refractivity contribution is 0.0954. The van der Waals surface area contributed by atoms with Crippen molar-refractivity contribution in [3.8, 4) is 5.75 Å². The van der Waals surface area contributed by atoms with Crippen LogP contribution in [0.2, 0.25) is 0 Å². The van der Waals surface area contributed by atoms with Crippen molar-refractivity contribution >= 4 is 16.8 Å². The normalized spacial score (nSPS) is 10.7. The second kappa shape index (κ2) is 6.52. The molecule has 0 aliphatic heterocycles. The van der Waals surface area contributed by atoms with E-state index in [4.69, 9.17) is 4.74 Å². The summed E-state index contributed by atoms with van der Waals surface area (Å²) in [6, 6.07) is 11.6. The Morgan fingerprint density at radius 3 is 2.96 bits per heavy atom. The zero-order valence-corrected chi connectivity index (χ0v) is 12.7. The van der Waals surface area contributed by atoms with Crippen molar-refractivity contribution in [2.45, 2.75) is 6.42 Å². The van der Waals surface area contributed by atoms with Gasteiger partial charge in [0.15, 0.2) is 0 Å². The van der Waals surface area contributed by atoms with E-state index < -0.39 is 0 Å². The van der Waals surface area contributed by atoms with E-state index in [1.165, 1.54) is 12.1 Å². The zero-order valence-electron chi connectivity index (χ0n) is 12.7. The van der Waals surface area contributed by atoms with Gasteiger partial charge in [0.25, 0.3) is 5.91 Å². The second-order valence-electron chi connectivity index (χ2n) is 5.24. The number of H-pyrrole nitrogens is 1. The van der Waals surface area contributed by atoms with Crippen LogP contribution in [0.4, 0.5) is 4.39 Å². The Kier molecular flexibility index (Phi) is 4.28. The van der Waals surface area contributed by atoms with Gasteiger partial charge in [0.05, 0.1) is 7.11 Å². The van der Waals surface area contributed by atoms with Crippen LogP contribution >= 0.6 is 0 Å². The molecule has 1 heterocycles. The van der Waals surface area contributed by atoms with Gasteiger partial charge in [0, 0.05) is 29.2 Å². The van der Waals surface area contributed by atoms with Gasteiger partial charge in [-0.1, -0.05) is 6.07 Å². The molecule has 0 radical (unpaired) electrons. The summed E-state index contributed by atoms with van der Waals surface area (Å²) in [7, 11) is 1.56. The minimum Gasteiger partial charge on any atom is -0.497 e. The topological polar surface area (TPSA) is 54.1 Å². The van der Waals surface area contributed by atoms with E-state index in [1.54, 1.807) is 37.4 Å². The van der Waals surface area contributed by atoms with Gasteiger partial charge >= 0.3 is 0 Å². The number of benzene rings is 2. The summed E-state index contributed by atoms with van der Waals surface area (Å²) in [4.78, 5) is 15.2. The molecule has 0 saturated carbocycles. The van der Waals surface area contributed by atoms with E-state index in [-0.39, 0.29) is 11.7 Å². The highest BCUT2D eigenvalue weighted by Crippen LogP contribution is 2.19. The maximum atomic E-state index is 13.3. The summed E-state index contributed by atoms with van der Waals surface area (Å²) in [5.74, 6) is 0.221. The molecule has 0 spiro atoms. The van der Waals surface area contributed by atoms with Crippen molar-refractivity contribution in [1.82, 2.24) is 10.3 Å². The highest BCUT2D eigenvalue weighted by atomic mass is 19.1. The fourth-order valence-electron chi connectivity index (χ4n) is 2.53. The van der Waals surface area contributed by atoms with Crippen LogP contribution in [0, 0.1) is 5.82 Å². The molecule has 0 aliphatic rings. The van der Waals surface area contributed by atoms with E-state index in [2.05, 4.69) is 10.3 Å². The highest BCUT2D eigenvalue weighted by Gasteiger charge is 2.08. The average molecular weight is 312 g/mol. The molecule has 0 saturated heterocycles. The third kappa shape index (κ3) is 3.34. The lowest BCUT2D eigenvalue weighted by atomic mass is 10.1. The summed E-state index contributed by atoms with van der Waals surface area (Å²) >= 11 is 0. The number of amides is 1. The highest BCUT2D eigenvalue weighted by molar-refractivity contribution is 5.94. The van der Waals surface area contributed by atoms with Crippen molar-refractivity contribution in [2.24, 2.45) is 0 Å². The van der Waals surface area contributed by atoms with Gasteiger partial charge in [-0.25, -0.2) is 4.39 Å². The van der Waals surface area contributed by atoms with E-state index in [1.807, 2.05) is 6.20 Å². The third-order valence-corrected chi connectivity index (χ3v) is 3.74. The fraction of sp³-hybridized carbons (Fsp3) is 0.167. The van der Waals surface area contributed by atoms with Crippen LogP contribution in [0.25, 0.3) is 10.9 Å². The van der Waals surface area contributed by atoms with E-state index >= 15 is 0 Å². The number of fused-ring (bicyclic) bond motifs is 1. The van der Waals surface area contributed by atoms with Crippen molar-refractivity contribution in [1.29, 1.82) is 0 Å². The Morgan fingerprint density at radius 2 is 2.13 bits per heavy atom. The maximum Gasteiger partial charge on any atom is 0.251 e. The van der Waals surface area contributed by atoms with Crippen molar-refractivity contribution in [2.75, 3.05) is 13.7 Å². The molecule has 0 atom stereocenters. The Bertz CT molecular complexity index is 842. The first-order chi connectivity index (χ1) is 11.2. The number of ether oxygens (including phenoxy) is 1. The molecule has 3 rings (SSSR count). The van der Waals surface area contributed by atoms with Gasteiger partial charge < -0.3 is 15.0 Å². The maximum absolute atomic E-state index is 13.3. The third-order valence-electron chi connectivity index (χ3n) is 3.74. The number of methoxy groups -OCH3 is 1. The average Bonchev–Trinajstić information content (AvgIpc) is 2.97. The van der Waals surface area contributed by atoms with Crippen molar-refractivity contribution in [3.63, 3.8) is 0 Å². The summed E-state index contributed by atoms with van der Waals surface area (Å²) in [5.41, 5.74) is 2.42. The molecule has 118 valence electrons. The lowest BCUT2D eigenvalue weighted by Gasteiger charge is -2.06. The number of aromatic amines is 1. The molecule has 4 nitrogen and oxygen atoms in total. The van der Waals surface area contributed by atoms with Crippen molar-refractivity contribution < 1.29 is 13.9 Å². The Balaban J connectivity index is 1.64. The molecule has 5 heteroatoms. The van der Waals surface area contributed by atoms with Crippen LogP contribution in [0.5, 0.6) is 5.75 Å². The first-order valence-corrected chi connectivity index (χ1v) is 7.35. The predicted octanol–water partition coefficient (Wildman–Crippen LogP) is 3.29. The number of carbonyl (C=O) groups excluding carboxylic acids is 1. The van der Waals surface area contributed by atoms with Crippen LogP contribution in [-0.4, -0.2) is 24.5 Å². The lowest BCUT2D eigenvalue weighted by Crippen LogP contribution is -2.25. The minimum absolute atomic E-state index is 0.157. The quantitative estimate of drug-likeness (QED) is 0.759. The molecule has 2 aromatic carbocycles. The second-order valence-corrected chi connectivity index (χ2v) is 5.24. The molecule has 0 bridgehead atoms. The van der Waals surface area contributed by atoms with Crippen LogP contribution in [0.3, 0.4) is 0 Å². The number of hydrogen-bond donors (Lipinski definition) is 2. The molecule has 0 unspecified atom stereocenters. The standard InChI is InChI=1S/C18H17FN2O2/c1-23-15-4-2-3-12(9-15)18(22)20-8-7-13-11-21-17-6-5-14(19)10-16(13)17/h2-6,9-11,21H,7-8H2,1H3,(H,20,22). The first kappa shape index (κ1) is 15.1. The Morgan fingerprint density at radius 1 is 1.26 bits per heavy atom. The molecule has 0 aliphatic carbocycles. The van der Waals surface area contributed by atoms with Gasteiger partial charge in [-0.15, -0.1) is 0 Å². The summed E-state index contributed by atoms with van der Waals surface area (Å²) < 4.78 is 18.4. The van der Waals surface area contributed by atoms with Crippen LogP contribution in [-0.2, 0) is 6.42 Å². The minimum atomic E-state index is -0.265. The number of carbonyl (C=O) groups is 1. The van der Waals surface area contributed by atoms with Gasteiger partial charge in [-0.05, 0) is 48.4 Å². The van der Waals surface area contributed by atoms with Crippen LogP contribution < -0.4 is 10.1 Å².